The molecule has 88 valence electrons. The predicted molar refractivity (Wildman–Crippen MR) is 64.1 cm³/mol. The molecule has 1 aromatic rings. The van der Waals surface area contributed by atoms with Gasteiger partial charge in [0.15, 0.2) is 0 Å². The van der Waals surface area contributed by atoms with Crippen molar-refractivity contribution in [2.75, 3.05) is 18.8 Å². The minimum atomic E-state index is 0.0649. The van der Waals surface area contributed by atoms with Gasteiger partial charge in [0.2, 0.25) is 0 Å². The third kappa shape index (κ3) is 2.21. The van der Waals surface area contributed by atoms with E-state index < -0.39 is 0 Å². The summed E-state index contributed by atoms with van der Waals surface area (Å²) in [6.45, 7) is 6.09. The Bertz CT molecular complexity index is 375. The summed E-state index contributed by atoms with van der Waals surface area (Å²) >= 11 is 0. The summed E-state index contributed by atoms with van der Waals surface area (Å²) in [6.07, 6.45) is 2.86. The first-order valence-electron chi connectivity index (χ1n) is 5.79. The van der Waals surface area contributed by atoms with Gasteiger partial charge >= 0.3 is 0 Å². The van der Waals surface area contributed by atoms with Gasteiger partial charge in [-0.1, -0.05) is 13.8 Å². The molecule has 1 fully saturated rings. The highest BCUT2D eigenvalue weighted by atomic mass is 16.2. The molecule has 1 aliphatic heterocycles. The van der Waals surface area contributed by atoms with Crippen molar-refractivity contribution >= 4 is 11.6 Å². The van der Waals surface area contributed by atoms with Gasteiger partial charge in [0, 0.05) is 25.0 Å². The highest BCUT2D eigenvalue weighted by Gasteiger charge is 2.26. The average Bonchev–Trinajstić information content (AvgIpc) is 2.62. The molecule has 0 aliphatic carbocycles. The lowest BCUT2D eigenvalue weighted by molar-refractivity contribution is 0.0618. The summed E-state index contributed by atoms with van der Waals surface area (Å²) in [5.74, 6) is 1.23. The fraction of sp³-hybridized carbons (Fsp3) is 0.583. The van der Waals surface area contributed by atoms with Gasteiger partial charge < -0.3 is 15.6 Å². The second-order valence-corrected chi connectivity index (χ2v) is 5.00. The zero-order valence-corrected chi connectivity index (χ0v) is 9.86. The number of nitrogens with zero attached hydrogens (tertiary/aromatic N) is 1. The molecule has 3 N–H and O–H groups in total. The van der Waals surface area contributed by atoms with Gasteiger partial charge in [0.1, 0.15) is 5.69 Å². The fourth-order valence-corrected chi connectivity index (χ4v) is 2.53. The van der Waals surface area contributed by atoms with Crippen molar-refractivity contribution in [2.24, 2.45) is 11.8 Å². The maximum atomic E-state index is 12.1. The van der Waals surface area contributed by atoms with Gasteiger partial charge in [-0.15, -0.1) is 0 Å². The van der Waals surface area contributed by atoms with E-state index in [4.69, 9.17) is 5.73 Å². The van der Waals surface area contributed by atoms with Crippen molar-refractivity contribution in [3.8, 4) is 0 Å². The minimum Gasteiger partial charge on any atom is -0.397 e. The van der Waals surface area contributed by atoms with Crippen LogP contribution < -0.4 is 5.73 Å². The number of carbonyl (C=O) groups is 1. The number of piperidine rings is 1. The molecule has 0 aromatic carbocycles. The van der Waals surface area contributed by atoms with E-state index >= 15 is 0 Å². The maximum absolute atomic E-state index is 12.1. The molecule has 16 heavy (non-hydrogen) atoms. The van der Waals surface area contributed by atoms with Crippen LogP contribution in [0.3, 0.4) is 0 Å². The Hall–Kier alpha value is -1.45. The van der Waals surface area contributed by atoms with Crippen molar-refractivity contribution in [3.05, 3.63) is 18.0 Å². The second kappa shape index (κ2) is 4.20. The van der Waals surface area contributed by atoms with Crippen LogP contribution in [-0.2, 0) is 0 Å². The van der Waals surface area contributed by atoms with E-state index in [1.165, 1.54) is 6.42 Å². The molecule has 2 heterocycles. The first-order valence-corrected chi connectivity index (χ1v) is 5.79. The Morgan fingerprint density at radius 2 is 2.06 bits per heavy atom. The topological polar surface area (TPSA) is 62.1 Å². The smallest absolute Gasteiger partial charge is 0.270 e. The molecule has 4 nitrogen and oxygen atoms in total. The molecule has 2 rings (SSSR count). The molecule has 1 aromatic heterocycles. The summed E-state index contributed by atoms with van der Waals surface area (Å²) in [7, 11) is 0. The van der Waals surface area contributed by atoms with Crippen LogP contribution in [0.5, 0.6) is 0 Å². The van der Waals surface area contributed by atoms with Crippen LogP contribution in [0.25, 0.3) is 0 Å². The number of hydrogen-bond acceptors (Lipinski definition) is 2. The van der Waals surface area contributed by atoms with Crippen molar-refractivity contribution in [1.29, 1.82) is 0 Å². The lowest BCUT2D eigenvalue weighted by Gasteiger charge is -2.34. The number of nitrogens with two attached hydrogens (primary N) is 1. The molecule has 0 bridgehead atoms. The molecule has 0 spiro atoms. The number of nitrogens with one attached hydrogen (secondary N) is 1. The molecule has 2 unspecified atom stereocenters. The highest BCUT2D eigenvalue weighted by molar-refractivity contribution is 5.93. The van der Waals surface area contributed by atoms with E-state index in [1.54, 1.807) is 12.3 Å². The lowest BCUT2D eigenvalue weighted by atomic mass is 9.92. The van der Waals surface area contributed by atoms with Crippen molar-refractivity contribution < 1.29 is 4.79 Å². The van der Waals surface area contributed by atoms with E-state index in [0.29, 0.717) is 23.2 Å². The van der Waals surface area contributed by atoms with E-state index in [1.807, 2.05) is 4.90 Å². The molecule has 2 atom stereocenters. The summed E-state index contributed by atoms with van der Waals surface area (Å²) in [4.78, 5) is 17.0. The number of nitrogen functional groups attached to an aromatic ring is 1. The van der Waals surface area contributed by atoms with Crippen molar-refractivity contribution in [1.82, 2.24) is 9.88 Å². The Balaban J connectivity index is 2.09. The average molecular weight is 221 g/mol. The van der Waals surface area contributed by atoms with E-state index in [-0.39, 0.29) is 5.91 Å². The molecule has 0 radical (unpaired) electrons. The number of hydrogen-bond donors (Lipinski definition) is 2. The van der Waals surface area contributed by atoms with Crippen LogP contribution in [0.1, 0.15) is 30.8 Å². The Kier molecular flexibility index (Phi) is 2.90. The van der Waals surface area contributed by atoms with E-state index in [2.05, 4.69) is 18.8 Å². The molecular weight excluding hydrogens is 202 g/mol. The predicted octanol–water partition coefficient (Wildman–Crippen LogP) is 1.71. The van der Waals surface area contributed by atoms with Gasteiger partial charge in [0.05, 0.1) is 0 Å². The van der Waals surface area contributed by atoms with Crippen molar-refractivity contribution in [2.45, 2.75) is 20.3 Å². The molecule has 1 amide bonds. The second-order valence-electron chi connectivity index (χ2n) is 5.00. The third-order valence-corrected chi connectivity index (χ3v) is 3.09. The number of aromatic amines is 1. The minimum absolute atomic E-state index is 0.0649. The molecule has 1 saturated heterocycles. The maximum Gasteiger partial charge on any atom is 0.270 e. The summed E-state index contributed by atoms with van der Waals surface area (Å²) in [5.41, 5.74) is 6.81. The number of likely N-dealkylation sites (tertiary alicyclic amines) is 1. The standard InChI is InChI=1S/C12H19N3O/c1-8-3-9(2)7-15(6-8)12(16)11-4-10(13)5-14-11/h4-5,8-9,14H,3,6-7,13H2,1-2H3. The number of carbonyl (C=O) groups excluding carboxylic acids is 1. The first-order chi connectivity index (χ1) is 7.56. The van der Waals surface area contributed by atoms with Crippen LogP contribution in [0, 0.1) is 11.8 Å². The van der Waals surface area contributed by atoms with Crippen LogP contribution in [-0.4, -0.2) is 28.9 Å². The summed E-state index contributed by atoms with van der Waals surface area (Å²) in [6, 6.07) is 1.70. The largest absolute Gasteiger partial charge is 0.397 e. The zero-order valence-electron chi connectivity index (χ0n) is 9.86. The van der Waals surface area contributed by atoms with Crippen LogP contribution >= 0.6 is 0 Å². The zero-order chi connectivity index (χ0) is 11.7. The van der Waals surface area contributed by atoms with Gasteiger partial charge in [-0.25, -0.2) is 0 Å². The Morgan fingerprint density at radius 3 is 2.56 bits per heavy atom. The van der Waals surface area contributed by atoms with Gasteiger partial charge in [-0.05, 0) is 24.3 Å². The van der Waals surface area contributed by atoms with E-state index in [0.717, 1.165) is 13.1 Å². The quantitative estimate of drug-likeness (QED) is 0.758. The van der Waals surface area contributed by atoms with Gasteiger partial charge in [-0.3, -0.25) is 4.79 Å². The third-order valence-electron chi connectivity index (χ3n) is 3.09. The summed E-state index contributed by atoms with van der Waals surface area (Å²) < 4.78 is 0. The molecule has 1 aliphatic rings. The van der Waals surface area contributed by atoms with Crippen molar-refractivity contribution in [3.63, 3.8) is 0 Å². The van der Waals surface area contributed by atoms with Crippen LogP contribution in [0.4, 0.5) is 5.69 Å². The molecular formula is C12H19N3O. The number of aromatic nitrogens is 1. The number of rotatable bonds is 1. The Morgan fingerprint density at radius 1 is 1.44 bits per heavy atom. The van der Waals surface area contributed by atoms with Gasteiger partial charge in [-0.2, -0.15) is 0 Å². The molecule has 0 saturated carbocycles. The van der Waals surface area contributed by atoms with Gasteiger partial charge in [0.25, 0.3) is 5.91 Å². The highest BCUT2D eigenvalue weighted by Crippen LogP contribution is 2.22. The van der Waals surface area contributed by atoms with Crippen LogP contribution in [0.15, 0.2) is 12.3 Å². The monoisotopic (exact) mass is 221 g/mol. The lowest BCUT2D eigenvalue weighted by Crippen LogP contribution is -2.42. The van der Waals surface area contributed by atoms with Crippen LogP contribution in [0.2, 0.25) is 0 Å². The number of H-pyrrole nitrogens is 1. The normalized spacial score (nSPS) is 25.8. The number of anilines is 1. The number of amides is 1. The molecule has 4 heteroatoms. The summed E-state index contributed by atoms with van der Waals surface area (Å²) in [5, 5.41) is 0. The Labute approximate surface area is 95.8 Å². The fourth-order valence-electron chi connectivity index (χ4n) is 2.53. The SMILES string of the molecule is CC1CC(C)CN(C(=O)c2cc(N)c[nH]2)C1. The van der Waals surface area contributed by atoms with E-state index in [9.17, 15) is 4.79 Å². The first kappa shape index (κ1) is 11.0.